The fraction of sp³-hybridized carbons (Fsp3) is 1.00. The van der Waals surface area contributed by atoms with Crippen LogP contribution in [0, 0.1) is 0 Å². The standard InChI is InChI=1S/C4H8O2.6C4H9.2Sn/c1-2-6-4-3-5-1;6*1-3-4-2;;/h1-4H2;6*1,3-4H2,2H3;;. The molecule has 0 amide bonds. The topological polar surface area (TPSA) is 18.5 Å². The van der Waals surface area contributed by atoms with Crippen molar-refractivity contribution in [2.45, 2.75) is 145 Å². The summed E-state index contributed by atoms with van der Waals surface area (Å²) in [5, 5.41) is 0. The van der Waals surface area contributed by atoms with Crippen LogP contribution in [-0.4, -0.2) is 65.9 Å². The molecule has 0 spiro atoms. The zero-order valence-electron chi connectivity index (χ0n) is 23.4. The molecule has 1 saturated heterocycles. The van der Waals surface area contributed by atoms with Gasteiger partial charge in [0, 0.05) is 0 Å². The predicted molar refractivity (Wildman–Crippen MR) is 151 cm³/mol. The van der Waals surface area contributed by atoms with E-state index in [0.29, 0.717) is 0 Å². The van der Waals surface area contributed by atoms with Gasteiger partial charge in [0.15, 0.2) is 0 Å². The van der Waals surface area contributed by atoms with E-state index in [0.717, 1.165) is 26.4 Å². The minimum absolute atomic E-state index is 0.778. The first kappa shape index (κ1) is 35.7. The van der Waals surface area contributed by atoms with Gasteiger partial charge in [-0.25, -0.2) is 0 Å². The quantitative estimate of drug-likeness (QED) is 0.136. The number of ether oxygens (including phenoxy) is 2. The molecule has 1 fully saturated rings. The monoisotopic (exact) mass is 670 g/mol. The fourth-order valence-electron chi connectivity index (χ4n) is 3.75. The molecule has 2 radical (unpaired) electrons. The Morgan fingerprint density at radius 2 is 0.562 bits per heavy atom. The van der Waals surface area contributed by atoms with Gasteiger partial charge in [0.05, 0.1) is 26.4 Å². The molecule has 4 heteroatoms. The Morgan fingerprint density at radius 1 is 0.375 bits per heavy atom. The Bertz CT molecular complexity index is 238. The summed E-state index contributed by atoms with van der Waals surface area (Å²) in [6.07, 6.45) is 17.7. The molecule has 1 heterocycles. The van der Waals surface area contributed by atoms with Crippen LogP contribution < -0.4 is 0 Å². The normalized spacial score (nSPS) is 13.5. The molecule has 0 bridgehead atoms. The van der Waals surface area contributed by atoms with Crippen LogP contribution >= 0.6 is 0 Å². The van der Waals surface area contributed by atoms with E-state index in [-0.39, 0.29) is 0 Å². The molecule has 0 unspecified atom stereocenters. The third kappa shape index (κ3) is 29.5. The molecule has 0 N–H and O–H groups in total. The van der Waals surface area contributed by atoms with Crippen LogP contribution in [0.25, 0.3) is 0 Å². The molecular weight excluding hydrogens is 606 g/mol. The Morgan fingerprint density at radius 3 is 0.688 bits per heavy atom. The van der Waals surface area contributed by atoms with Crippen molar-refractivity contribution in [2.24, 2.45) is 0 Å². The number of unbranched alkanes of at least 4 members (excludes halogenated alkanes) is 6. The van der Waals surface area contributed by atoms with E-state index < -0.39 is 39.5 Å². The summed E-state index contributed by atoms with van der Waals surface area (Å²) < 4.78 is 20.0. The molecule has 1 rings (SSSR count). The van der Waals surface area contributed by atoms with Gasteiger partial charge in [-0.15, -0.1) is 0 Å². The average molecular weight is 668 g/mol. The second-order valence-electron chi connectivity index (χ2n) is 9.35. The molecule has 0 atom stereocenters. The van der Waals surface area contributed by atoms with Gasteiger partial charge in [-0.2, -0.15) is 0 Å². The third-order valence-electron chi connectivity index (χ3n) is 6.05. The Hall–Kier alpha value is 1.52. The summed E-state index contributed by atoms with van der Waals surface area (Å²) in [5.41, 5.74) is 0. The van der Waals surface area contributed by atoms with Crippen LogP contribution in [0.1, 0.15) is 119 Å². The molecular formula is C28H62O2Sn2. The first-order valence-corrected chi connectivity index (χ1v) is 26.6. The van der Waals surface area contributed by atoms with Gasteiger partial charge in [0.1, 0.15) is 0 Å². The fourth-order valence-corrected chi connectivity index (χ4v) is 22.6. The zero-order chi connectivity index (χ0) is 24.1. The van der Waals surface area contributed by atoms with Crippen molar-refractivity contribution in [1.82, 2.24) is 0 Å². The van der Waals surface area contributed by atoms with E-state index in [1.807, 2.05) is 0 Å². The summed E-state index contributed by atoms with van der Waals surface area (Å²) in [7, 11) is 0. The molecule has 0 aromatic rings. The average Bonchev–Trinajstić information content (AvgIpc) is 2.85. The van der Waals surface area contributed by atoms with Gasteiger partial charge in [0.25, 0.3) is 0 Å². The van der Waals surface area contributed by atoms with Gasteiger partial charge < -0.3 is 9.47 Å². The van der Waals surface area contributed by atoms with Crippen molar-refractivity contribution in [3.05, 3.63) is 0 Å². The van der Waals surface area contributed by atoms with Crippen LogP contribution in [0.2, 0.25) is 26.6 Å². The summed E-state index contributed by atoms with van der Waals surface area (Å²) in [6, 6.07) is 0. The SMILES string of the molecule is C1COCCO1.CCC[CH2][Sn]([CH2]CCC)[CH2]CCC.CCC[CH2][Sn]([CH2]CCC)[CH2]CCC. The van der Waals surface area contributed by atoms with Gasteiger partial charge in [-0.1, -0.05) is 0 Å². The maximum atomic E-state index is 4.94. The van der Waals surface area contributed by atoms with Crippen LogP contribution in [0.3, 0.4) is 0 Å². The van der Waals surface area contributed by atoms with Gasteiger partial charge in [0.2, 0.25) is 0 Å². The Kier molecular flexibility index (Phi) is 36.3. The summed E-state index contributed by atoms with van der Waals surface area (Å²) >= 11 is -1.68. The van der Waals surface area contributed by atoms with Crippen LogP contribution in [-0.2, 0) is 9.47 Å². The second kappa shape index (κ2) is 32.5. The van der Waals surface area contributed by atoms with Crippen molar-refractivity contribution < 1.29 is 9.47 Å². The molecule has 0 aliphatic carbocycles. The van der Waals surface area contributed by atoms with Crippen LogP contribution in [0.5, 0.6) is 0 Å². The van der Waals surface area contributed by atoms with E-state index in [2.05, 4.69) is 41.5 Å². The van der Waals surface area contributed by atoms with Crippen LogP contribution in [0.15, 0.2) is 0 Å². The predicted octanol–water partition coefficient (Wildman–Crippen LogP) is 9.80. The summed E-state index contributed by atoms with van der Waals surface area (Å²) in [4.78, 5) is 0. The molecule has 194 valence electrons. The number of hydrogen-bond acceptors (Lipinski definition) is 2. The minimum atomic E-state index is -0.839. The maximum absolute atomic E-state index is 4.94. The van der Waals surface area contributed by atoms with Crippen molar-refractivity contribution in [3.63, 3.8) is 0 Å². The van der Waals surface area contributed by atoms with Gasteiger partial charge >= 0.3 is 185 Å². The molecule has 0 aromatic heterocycles. The molecule has 1 aliphatic rings. The zero-order valence-corrected chi connectivity index (χ0v) is 29.1. The number of rotatable bonds is 18. The molecule has 0 aromatic carbocycles. The molecule has 0 saturated carbocycles. The van der Waals surface area contributed by atoms with Gasteiger partial charge in [-0.05, 0) is 0 Å². The van der Waals surface area contributed by atoms with Crippen molar-refractivity contribution in [1.29, 1.82) is 0 Å². The first-order chi connectivity index (χ1) is 15.7. The summed E-state index contributed by atoms with van der Waals surface area (Å²) in [5.74, 6) is 0. The summed E-state index contributed by atoms with van der Waals surface area (Å²) in [6.45, 7) is 17.1. The Balaban J connectivity index is 0. The number of hydrogen-bond donors (Lipinski definition) is 0. The van der Waals surface area contributed by atoms with E-state index in [9.17, 15) is 0 Å². The van der Waals surface area contributed by atoms with E-state index >= 15 is 0 Å². The van der Waals surface area contributed by atoms with E-state index in [4.69, 9.17) is 9.47 Å². The second-order valence-corrected chi connectivity index (χ2v) is 26.5. The molecule has 2 nitrogen and oxygen atoms in total. The van der Waals surface area contributed by atoms with Crippen molar-refractivity contribution >= 4 is 39.5 Å². The van der Waals surface area contributed by atoms with Gasteiger partial charge in [-0.3, -0.25) is 0 Å². The molecule has 1 aliphatic heterocycles. The van der Waals surface area contributed by atoms with Crippen molar-refractivity contribution in [3.8, 4) is 0 Å². The van der Waals surface area contributed by atoms with Crippen LogP contribution in [0.4, 0.5) is 0 Å². The first-order valence-electron chi connectivity index (χ1n) is 14.5. The van der Waals surface area contributed by atoms with Crippen molar-refractivity contribution in [2.75, 3.05) is 26.4 Å². The third-order valence-corrected chi connectivity index (χ3v) is 24.2. The molecule has 32 heavy (non-hydrogen) atoms. The van der Waals surface area contributed by atoms with E-state index in [1.165, 1.54) is 77.0 Å². The van der Waals surface area contributed by atoms with E-state index in [1.54, 1.807) is 26.6 Å². The Labute approximate surface area is 219 Å².